The van der Waals surface area contributed by atoms with Crippen molar-refractivity contribution >= 4 is 65.8 Å². The molecule has 0 spiro atoms. The second-order valence-electron chi connectivity index (χ2n) is 10.7. The lowest BCUT2D eigenvalue weighted by atomic mass is 9.95. The van der Waals surface area contributed by atoms with E-state index in [4.69, 9.17) is 0 Å². The minimum atomic E-state index is 0. The van der Waals surface area contributed by atoms with Crippen LogP contribution in [0.3, 0.4) is 0 Å². The highest BCUT2D eigenvalue weighted by Crippen LogP contribution is 2.58. The van der Waals surface area contributed by atoms with Gasteiger partial charge < -0.3 is 24.0 Å². The fourth-order valence-electron chi connectivity index (χ4n) is 6.78. The lowest BCUT2D eigenvalue weighted by Gasteiger charge is -2.39. The molecule has 0 saturated heterocycles. The van der Waals surface area contributed by atoms with Crippen molar-refractivity contribution in [2.45, 2.75) is 0 Å². The van der Waals surface area contributed by atoms with Crippen LogP contribution in [0.25, 0.3) is 43.1 Å². The summed E-state index contributed by atoms with van der Waals surface area (Å²) in [5, 5.41) is 9.88. The van der Waals surface area contributed by atoms with E-state index >= 15 is 0 Å². The zero-order chi connectivity index (χ0) is 27.2. The molecule has 200 valence electrons. The molecular formula is C40H28IN. The van der Waals surface area contributed by atoms with Crippen molar-refractivity contribution in [3.05, 3.63) is 170 Å². The molecule has 0 N–H and O–H groups in total. The van der Waals surface area contributed by atoms with E-state index in [-0.39, 0.29) is 24.0 Å². The molecule has 0 aromatic heterocycles. The molecule has 0 aliphatic rings. The molecule has 0 aliphatic heterocycles. The molecule has 0 heterocycles. The summed E-state index contributed by atoms with van der Waals surface area (Å²) in [7, 11) is 0. The lowest BCUT2D eigenvalue weighted by molar-refractivity contribution is -0.00000758. The summed E-state index contributed by atoms with van der Waals surface area (Å²) in [4.78, 5) is 0. The van der Waals surface area contributed by atoms with Crippen LogP contribution in [-0.2, 0) is 0 Å². The van der Waals surface area contributed by atoms with Crippen LogP contribution >= 0.6 is 0 Å². The molecule has 0 radical (unpaired) electrons. The Hall–Kier alpha value is -4.51. The first-order valence-corrected chi connectivity index (χ1v) is 14.2. The number of halogens is 1. The number of quaternary nitrogens is 1. The molecule has 0 fully saturated rings. The maximum atomic E-state index is 2.33. The van der Waals surface area contributed by atoms with Gasteiger partial charge in [0.2, 0.25) is 0 Å². The van der Waals surface area contributed by atoms with Crippen molar-refractivity contribution < 1.29 is 24.0 Å². The van der Waals surface area contributed by atoms with Crippen LogP contribution in [0.15, 0.2) is 170 Å². The van der Waals surface area contributed by atoms with Gasteiger partial charge in [0, 0.05) is 45.8 Å². The standard InChI is InChI=1S/C40H28N.HI/c1-5-21-33-29(13-1)17-9-25-37(33)41(38-26-10-18-30-14-2-6-22-34(30)38,39-27-11-19-31-15-3-7-23-35(31)39)40-28-12-20-32-16-4-8-24-36(32)40;/h1-28H;1H/q+1;/p-1. The van der Waals surface area contributed by atoms with Crippen molar-refractivity contribution in [3.8, 4) is 0 Å². The molecule has 0 atom stereocenters. The summed E-state index contributed by atoms with van der Waals surface area (Å²) in [6, 6.07) is 62.3. The van der Waals surface area contributed by atoms with E-state index in [0.717, 1.165) is 0 Å². The SMILES string of the molecule is [I-].c1ccc2c([N+](c3cccc4ccccc34)(c3cccc4ccccc34)c3cccc4ccccc34)cccc2c1. The average Bonchev–Trinajstić information content (AvgIpc) is 3.05. The molecule has 42 heavy (non-hydrogen) atoms. The molecule has 0 saturated carbocycles. The van der Waals surface area contributed by atoms with Crippen LogP contribution < -0.4 is 28.5 Å². The van der Waals surface area contributed by atoms with Gasteiger partial charge in [-0.15, -0.1) is 0 Å². The summed E-state index contributed by atoms with van der Waals surface area (Å²) in [5.41, 5.74) is 4.92. The van der Waals surface area contributed by atoms with Gasteiger partial charge in [0.15, 0.2) is 22.7 Å². The lowest BCUT2D eigenvalue weighted by Crippen LogP contribution is -3.00. The highest BCUT2D eigenvalue weighted by molar-refractivity contribution is 6.12. The summed E-state index contributed by atoms with van der Waals surface area (Å²) in [5.74, 6) is 0. The van der Waals surface area contributed by atoms with Gasteiger partial charge in [-0.2, -0.15) is 4.48 Å². The monoisotopic (exact) mass is 649 g/mol. The molecule has 0 unspecified atom stereocenters. The van der Waals surface area contributed by atoms with E-state index < -0.39 is 0 Å². The number of hydrogen-bond donors (Lipinski definition) is 0. The van der Waals surface area contributed by atoms with Gasteiger partial charge in [0.25, 0.3) is 0 Å². The van der Waals surface area contributed by atoms with Gasteiger partial charge in [-0.25, -0.2) is 0 Å². The normalized spacial score (nSPS) is 11.6. The van der Waals surface area contributed by atoms with Crippen LogP contribution in [0.2, 0.25) is 0 Å². The van der Waals surface area contributed by atoms with Crippen molar-refractivity contribution in [2.24, 2.45) is 0 Å². The molecule has 0 bridgehead atoms. The zero-order valence-electron chi connectivity index (χ0n) is 23.0. The summed E-state index contributed by atoms with van der Waals surface area (Å²) in [6.45, 7) is 0. The minimum absolute atomic E-state index is 0. The highest BCUT2D eigenvalue weighted by Gasteiger charge is 2.43. The largest absolute Gasteiger partial charge is 1.00 e. The first-order valence-electron chi connectivity index (χ1n) is 14.2. The molecule has 0 amide bonds. The molecule has 8 rings (SSSR count). The number of benzene rings is 8. The predicted molar refractivity (Wildman–Crippen MR) is 177 cm³/mol. The number of nitrogens with zero attached hydrogens (tertiary/aromatic N) is 1. The predicted octanol–water partition coefficient (Wildman–Crippen LogP) is 8.61. The van der Waals surface area contributed by atoms with E-state index in [0.29, 0.717) is 4.48 Å². The van der Waals surface area contributed by atoms with E-state index in [2.05, 4.69) is 170 Å². The van der Waals surface area contributed by atoms with Gasteiger partial charge in [0.1, 0.15) is 0 Å². The van der Waals surface area contributed by atoms with Crippen molar-refractivity contribution in [1.82, 2.24) is 4.48 Å². The van der Waals surface area contributed by atoms with Gasteiger partial charge in [-0.1, -0.05) is 121 Å². The van der Waals surface area contributed by atoms with E-state index in [9.17, 15) is 0 Å². The number of rotatable bonds is 4. The molecule has 1 nitrogen and oxygen atoms in total. The average molecular weight is 650 g/mol. The third-order valence-electron chi connectivity index (χ3n) is 8.51. The third kappa shape index (κ3) is 3.94. The Balaban J connectivity index is 0.00000288. The Morgan fingerprint density at radius 2 is 0.452 bits per heavy atom. The molecule has 0 aliphatic carbocycles. The van der Waals surface area contributed by atoms with Crippen molar-refractivity contribution in [1.29, 1.82) is 0 Å². The van der Waals surface area contributed by atoms with Gasteiger partial charge in [-0.05, 0) is 45.8 Å². The third-order valence-corrected chi connectivity index (χ3v) is 8.51. The second-order valence-corrected chi connectivity index (χ2v) is 10.7. The quantitative estimate of drug-likeness (QED) is 0.132. The van der Waals surface area contributed by atoms with E-state index in [1.807, 2.05) is 0 Å². The Morgan fingerprint density at radius 3 is 0.714 bits per heavy atom. The fraction of sp³-hybridized carbons (Fsp3) is 0. The summed E-state index contributed by atoms with van der Waals surface area (Å²) >= 11 is 0. The zero-order valence-corrected chi connectivity index (χ0v) is 25.1. The molecule has 2 heteroatoms. The van der Waals surface area contributed by atoms with Crippen LogP contribution in [0.5, 0.6) is 0 Å². The maximum Gasteiger partial charge on any atom is 0.156 e. The van der Waals surface area contributed by atoms with E-state index in [1.54, 1.807) is 0 Å². The summed E-state index contributed by atoms with van der Waals surface area (Å²) < 4.78 is 0.450. The Bertz CT molecular complexity index is 1890. The number of fused-ring (bicyclic) bond motifs is 4. The molecule has 8 aromatic rings. The first kappa shape index (κ1) is 26.4. The van der Waals surface area contributed by atoms with Crippen LogP contribution in [0, 0.1) is 0 Å². The Kier molecular flexibility index (Phi) is 6.73. The number of hydrogen-bond acceptors (Lipinski definition) is 0. The molecular weight excluding hydrogens is 621 g/mol. The topological polar surface area (TPSA) is 0 Å². The van der Waals surface area contributed by atoms with Crippen molar-refractivity contribution in [3.63, 3.8) is 0 Å². The van der Waals surface area contributed by atoms with Crippen LogP contribution in [0.1, 0.15) is 0 Å². The first-order chi connectivity index (χ1) is 20.4. The van der Waals surface area contributed by atoms with Crippen LogP contribution in [0.4, 0.5) is 22.7 Å². The van der Waals surface area contributed by atoms with Crippen LogP contribution in [-0.4, -0.2) is 0 Å². The Labute approximate surface area is 262 Å². The van der Waals surface area contributed by atoms with Gasteiger partial charge in [0.05, 0.1) is 0 Å². The Morgan fingerprint density at radius 1 is 0.238 bits per heavy atom. The smallest absolute Gasteiger partial charge is 0.156 e. The van der Waals surface area contributed by atoms with Crippen molar-refractivity contribution in [2.75, 3.05) is 0 Å². The van der Waals surface area contributed by atoms with E-state index in [1.165, 1.54) is 65.8 Å². The minimum Gasteiger partial charge on any atom is -1.00 e. The highest BCUT2D eigenvalue weighted by atomic mass is 127. The molecule has 8 aromatic carbocycles. The second kappa shape index (κ2) is 10.7. The fourth-order valence-corrected chi connectivity index (χ4v) is 6.78. The van der Waals surface area contributed by atoms with Gasteiger partial charge >= 0.3 is 0 Å². The van der Waals surface area contributed by atoms with Gasteiger partial charge in [-0.3, -0.25) is 0 Å². The summed E-state index contributed by atoms with van der Waals surface area (Å²) in [6.07, 6.45) is 0. The maximum absolute atomic E-state index is 2.33.